The Morgan fingerprint density at radius 1 is 1.31 bits per heavy atom. The Hall–Kier alpha value is -1.35. The van der Waals surface area contributed by atoms with E-state index in [0.717, 1.165) is 5.56 Å². The molecule has 1 aromatic rings. The Balaban J connectivity index is 2.31. The van der Waals surface area contributed by atoms with E-state index in [1.165, 1.54) is 0 Å². The molecule has 16 heavy (non-hydrogen) atoms. The molecule has 0 heterocycles. The lowest BCUT2D eigenvalue weighted by Crippen LogP contribution is -2.20. The summed E-state index contributed by atoms with van der Waals surface area (Å²) in [7, 11) is 0. The Morgan fingerprint density at radius 2 is 1.94 bits per heavy atom. The lowest BCUT2D eigenvalue weighted by molar-refractivity contribution is -0.147. The molecule has 1 rings (SSSR count). The Labute approximate surface area is 96.1 Å². The minimum Gasteiger partial charge on any atom is -0.461 e. The maximum absolute atomic E-state index is 11.3. The molecular weight excluding hydrogens is 204 g/mol. The fourth-order valence-electron chi connectivity index (χ4n) is 1.20. The first-order valence-corrected chi connectivity index (χ1v) is 5.47. The third kappa shape index (κ3) is 4.45. The zero-order chi connectivity index (χ0) is 12.0. The summed E-state index contributed by atoms with van der Waals surface area (Å²) in [5.41, 5.74) is 0.954. The van der Waals surface area contributed by atoms with Crippen molar-refractivity contribution in [2.45, 2.75) is 33.0 Å². The number of esters is 1. The van der Waals surface area contributed by atoms with E-state index in [0.29, 0.717) is 0 Å². The first-order valence-electron chi connectivity index (χ1n) is 5.47. The van der Waals surface area contributed by atoms with Crippen LogP contribution in [0.2, 0.25) is 0 Å². The summed E-state index contributed by atoms with van der Waals surface area (Å²) < 4.78 is 5.05. The molecule has 0 amide bonds. The van der Waals surface area contributed by atoms with Gasteiger partial charge in [0.25, 0.3) is 0 Å². The molecule has 0 saturated heterocycles. The number of carbonyl (C=O) groups excluding carboxylic acids is 1. The fourth-order valence-corrected chi connectivity index (χ4v) is 1.20. The highest BCUT2D eigenvalue weighted by atomic mass is 16.5. The number of aliphatic hydroxyl groups is 1. The molecule has 0 aliphatic rings. The molecule has 3 nitrogen and oxygen atoms in total. The second-order valence-electron chi connectivity index (χ2n) is 4.16. The molecule has 0 radical (unpaired) electrons. The summed E-state index contributed by atoms with van der Waals surface area (Å²) in [6.45, 7) is 4.01. The van der Waals surface area contributed by atoms with Crippen molar-refractivity contribution in [2.24, 2.45) is 5.92 Å². The van der Waals surface area contributed by atoms with Crippen LogP contribution in [0.5, 0.6) is 0 Å². The standard InChI is InChI=1S/C13H18O3/c1-10(2)12(14)8-13(15)16-9-11-6-4-3-5-7-11/h3-7,10,12,14H,8-9H2,1-2H3/t12-/m1/s1. The van der Waals surface area contributed by atoms with Gasteiger partial charge in [-0.15, -0.1) is 0 Å². The molecule has 0 aromatic heterocycles. The molecule has 3 heteroatoms. The van der Waals surface area contributed by atoms with Crippen molar-refractivity contribution in [1.29, 1.82) is 0 Å². The monoisotopic (exact) mass is 222 g/mol. The first-order chi connectivity index (χ1) is 7.59. The molecule has 88 valence electrons. The summed E-state index contributed by atoms with van der Waals surface area (Å²) in [6.07, 6.45) is -0.562. The van der Waals surface area contributed by atoms with Crippen molar-refractivity contribution in [3.63, 3.8) is 0 Å². The number of hydrogen-bond acceptors (Lipinski definition) is 3. The Bertz CT molecular complexity index is 319. The zero-order valence-corrected chi connectivity index (χ0v) is 9.72. The third-order valence-electron chi connectivity index (χ3n) is 2.39. The van der Waals surface area contributed by atoms with Gasteiger partial charge in [0.1, 0.15) is 6.61 Å². The summed E-state index contributed by atoms with van der Waals surface area (Å²) in [4.78, 5) is 11.3. The average Bonchev–Trinajstić information content (AvgIpc) is 2.27. The van der Waals surface area contributed by atoms with Gasteiger partial charge in [-0.05, 0) is 11.5 Å². The van der Waals surface area contributed by atoms with Gasteiger partial charge in [-0.3, -0.25) is 4.79 Å². The highest BCUT2D eigenvalue weighted by Crippen LogP contribution is 2.08. The van der Waals surface area contributed by atoms with Crippen LogP contribution in [0.15, 0.2) is 30.3 Å². The molecule has 1 N–H and O–H groups in total. The molecule has 0 saturated carbocycles. The molecular formula is C13H18O3. The lowest BCUT2D eigenvalue weighted by atomic mass is 10.1. The lowest BCUT2D eigenvalue weighted by Gasteiger charge is -2.13. The van der Waals surface area contributed by atoms with Crippen molar-refractivity contribution >= 4 is 5.97 Å². The summed E-state index contributed by atoms with van der Waals surface area (Å²) >= 11 is 0. The minimum atomic E-state index is -0.622. The van der Waals surface area contributed by atoms with Gasteiger partial charge in [-0.1, -0.05) is 44.2 Å². The SMILES string of the molecule is CC(C)[C@H](O)CC(=O)OCc1ccccc1. The Kier molecular flexibility index (Phi) is 4.99. The van der Waals surface area contributed by atoms with Crippen LogP contribution in [0.1, 0.15) is 25.8 Å². The number of carbonyl (C=O) groups is 1. The van der Waals surface area contributed by atoms with E-state index in [9.17, 15) is 9.90 Å². The van der Waals surface area contributed by atoms with Crippen molar-refractivity contribution < 1.29 is 14.6 Å². The van der Waals surface area contributed by atoms with E-state index in [-0.39, 0.29) is 24.9 Å². The molecule has 0 aliphatic heterocycles. The van der Waals surface area contributed by atoms with E-state index >= 15 is 0 Å². The van der Waals surface area contributed by atoms with Gasteiger partial charge in [0.15, 0.2) is 0 Å². The summed E-state index contributed by atoms with van der Waals surface area (Å²) in [6, 6.07) is 9.49. The second-order valence-corrected chi connectivity index (χ2v) is 4.16. The van der Waals surface area contributed by atoms with Crippen molar-refractivity contribution in [1.82, 2.24) is 0 Å². The van der Waals surface area contributed by atoms with Crippen molar-refractivity contribution in [2.75, 3.05) is 0 Å². The van der Waals surface area contributed by atoms with Gasteiger partial charge in [-0.2, -0.15) is 0 Å². The molecule has 0 fully saturated rings. The van der Waals surface area contributed by atoms with Gasteiger partial charge in [0.05, 0.1) is 12.5 Å². The third-order valence-corrected chi connectivity index (χ3v) is 2.39. The summed E-state index contributed by atoms with van der Waals surface area (Å²) in [5.74, 6) is -0.283. The number of benzene rings is 1. The van der Waals surface area contributed by atoms with Crippen LogP contribution in [0.25, 0.3) is 0 Å². The van der Waals surface area contributed by atoms with Gasteiger partial charge in [0, 0.05) is 0 Å². The number of ether oxygens (including phenoxy) is 1. The molecule has 0 spiro atoms. The predicted octanol–water partition coefficient (Wildman–Crippen LogP) is 2.14. The van der Waals surface area contributed by atoms with Crippen LogP contribution in [0.3, 0.4) is 0 Å². The quantitative estimate of drug-likeness (QED) is 0.776. The maximum Gasteiger partial charge on any atom is 0.308 e. The number of rotatable bonds is 5. The van der Waals surface area contributed by atoms with Crippen molar-refractivity contribution in [3.8, 4) is 0 Å². The van der Waals surface area contributed by atoms with E-state index in [4.69, 9.17) is 4.74 Å². The molecule has 0 aliphatic carbocycles. The average molecular weight is 222 g/mol. The second kappa shape index (κ2) is 6.28. The van der Waals surface area contributed by atoms with Crippen LogP contribution >= 0.6 is 0 Å². The molecule has 1 atom stereocenters. The first kappa shape index (κ1) is 12.7. The Morgan fingerprint density at radius 3 is 2.50 bits per heavy atom. The van der Waals surface area contributed by atoms with Crippen LogP contribution in [-0.4, -0.2) is 17.2 Å². The van der Waals surface area contributed by atoms with Gasteiger partial charge < -0.3 is 9.84 Å². The fraction of sp³-hybridized carbons (Fsp3) is 0.462. The van der Waals surface area contributed by atoms with E-state index in [1.54, 1.807) is 0 Å². The summed E-state index contributed by atoms with van der Waals surface area (Å²) in [5, 5.41) is 9.49. The van der Waals surface area contributed by atoms with Gasteiger partial charge in [-0.25, -0.2) is 0 Å². The predicted molar refractivity (Wildman–Crippen MR) is 61.7 cm³/mol. The zero-order valence-electron chi connectivity index (χ0n) is 9.72. The molecule has 0 bridgehead atoms. The molecule has 1 aromatic carbocycles. The minimum absolute atomic E-state index is 0.0600. The van der Waals surface area contributed by atoms with E-state index < -0.39 is 6.10 Å². The van der Waals surface area contributed by atoms with Crippen LogP contribution in [0.4, 0.5) is 0 Å². The smallest absolute Gasteiger partial charge is 0.308 e. The highest BCUT2D eigenvalue weighted by Gasteiger charge is 2.15. The van der Waals surface area contributed by atoms with Gasteiger partial charge in [0.2, 0.25) is 0 Å². The van der Waals surface area contributed by atoms with Crippen molar-refractivity contribution in [3.05, 3.63) is 35.9 Å². The topological polar surface area (TPSA) is 46.5 Å². The number of aliphatic hydroxyl groups excluding tert-OH is 1. The normalized spacial score (nSPS) is 12.5. The van der Waals surface area contributed by atoms with Gasteiger partial charge >= 0.3 is 5.97 Å². The molecule has 0 unspecified atom stereocenters. The van der Waals surface area contributed by atoms with E-state index in [2.05, 4.69) is 0 Å². The number of hydrogen-bond donors (Lipinski definition) is 1. The van der Waals surface area contributed by atoms with Crippen LogP contribution in [0, 0.1) is 5.92 Å². The maximum atomic E-state index is 11.3. The highest BCUT2D eigenvalue weighted by molar-refractivity contribution is 5.69. The van der Waals surface area contributed by atoms with Crippen LogP contribution in [-0.2, 0) is 16.1 Å². The largest absolute Gasteiger partial charge is 0.461 e. The van der Waals surface area contributed by atoms with E-state index in [1.807, 2.05) is 44.2 Å². The van der Waals surface area contributed by atoms with Crippen LogP contribution < -0.4 is 0 Å².